The van der Waals surface area contributed by atoms with Crippen molar-refractivity contribution in [3.05, 3.63) is 12.2 Å². The van der Waals surface area contributed by atoms with Crippen molar-refractivity contribution in [2.45, 2.75) is 200 Å². The molecule has 3 unspecified atom stereocenters. The Balaban J connectivity index is 4.81. The summed E-state index contributed by atoms with van der Waals surface area (Å²) in [5, 5.41) is 33.0. The van der Waals surface area contributed by atoms with Crippen LogP contribution in [0.4, 0.5) is 0 Å². The van der Waals surface area contributed by atoms with Gasteiger partial charge in [0, 0.05) is 19.3 Å². The molecule has 0 heterocycles. The fourth-order valence-electron chi connectivity index (χ4n) is 6.91. The molecule has 44 heavy (non-hydrogen) atoms. The highest BCUT2D eigenvalue weighted by atomic mass is 16.4. The second kappa shape index (κ2) is 27.4. The number of aliphatic carboxylic acids is 3. The van der Waals surface area contributed by atoms with E-state index in [0.717, 1.165) is 19.3 Å². The summed E-state index contributed by atoms with van der Waals surface area (Å²) >= 11 is 0. The Kier molecular flexibility index (Phi) is 26.2. The number of carboxylic acid groups (broad SMARTS) is 3. The van der Waals surface area contributed by atoms with Gasteiger partial charge in [-0.05, 0) is 31.8 Å². The molecule has 0 amide bonds. The number of nitrogens with zero attached hydrogens (tertiary/aromatic N) is 1. The van der Waals surface area contributed by atoms with Crippen molar-refractivity contribution in [3.8, 4) is 0 Å². The summed E-state index contributed by atoms with van der Waals surface area (Å²) in [4.78, 5) is 37.6. The van der Waals surface area contributed by atoms with Crippen LogP contribution >= 0.6 is 0 Å². The van der Waals surface area contributed by atoms with Gasteiger partial charge in [-0.25, -0.2) is 9.59 Å². The second-order valence-electron chi connectivity index (χ2n) is 13.0. The van der Waals surface area contributed by atoms with Gasteiger partial charge >= 0.3 is 11.9 Å². The van der Waals surface area contributed by atoms with Crippen molar-refractivity contribution >= 4 is 17.9 Å². The van der Waals surface area contributed by atoms with Crippen molar-refractivity contribution < 1.29 is 34.2 Å². The molecule has 0 aromatic heterocycles. The van der Waals surface area contributed by atoms with Gasteiger partial charge in [-0.1, -0.05) is 143 Å². The maximum atomic E-state index is 12.6. The van der Waals surface area contributed by atoms with Crippen molar-refractivity contribution in [1.29, 1.82) is 0 Å². The molecule has 0 aromatic carbocycles. The smallest absolute Gasteiger partial charge is 0.362 e. The van der Waals surface area contributed by atoms with Crippen LogP contribution in [-0.2, 0) is 14.4 Å². The lowest BCUT2D eigenvalue weighted by molar-refractivity contribution is -0.970. The van der Waals surface area contributed by atoms with Gasteiger partial charge < -0.3 is 20.1 Å². The Hall–Kier alpha value is -1.89. The van der Waals surface area contributed by atoms with E-state index < -0.39 is 40.5 Å². The standard InChI is InChI=1S/C37H69NO6/c1-5-9-10-11-12-13-14-15-16-17-18-19-20-21-22-23-24-25-26-27-31-38(32(28-6-2)35(39)40,33(29-7-3)36(41)42)34(30-8-4)37(43)44/h26-27,32-34H,5-25,28-31H2,1-4H3,(H2-,39,40,41,42,43,44)/b27-26+. The number of quaternary nitrogens is 1. The number of rotatable bonds is 32. The zero-order chi connectivity index (χ0) is 33.1. The molecule has 0 bridgehead atoms. The monoisotopic (exact) mass is 624 g/mol. The molecule has 7 nitrogen and oxygen atoms in total. The first-order chi connectivity index (χ1) is 21.2. The first-order valence-corrected chi connectivity index (χ1v) is 18.4. The first kappa shape index (κ1) is 42.1. The minimum Gasteiger partial charge on any atom is -0.544 e. The molecule has 3 atom stereocenters. The highest BCUT2D eigenvalue weighted by molar-refractivity contribution is 5.77. The Morgan fingerprint density at radius 1 is 0.523 bits per heavy atom. The van der Waals surface area contributed by atoms with Gasteiger partial charge in [0.05, 0.1) is 12.5 Å². The normalized spacial score (nSPS) is 15.2. The molecule has 0 aliphatic carbocycles. The van der Waals surface area contributed by atoms with Gasteiger partial charge in [-0.3, -0.25) is 4.48 Å². The maximum absolute atomic E-state index is 12.6. The van der Waals surface area contributed by atoms with Crippen LogP contribution in [0.2, 0.25) is 0 Å². The molecule has 0 saturated carbocycles. The molecule has 0 aliphatic heterocycles. The minimum atomic E-state index is -1.36. The van der Waals surface area contributed by atoms with Gasteiger partial charge in [0.15, 0.2) is 12.1 Å². The van der Waals surface area contributed by atoms with Gasteiger partial charge in [-0.2, -0.15) is 0 Å². The summed E-state index contributed by atoms with van der Waals surface area (Å²) in [5.41, 5.74) is 0. The summed E-state index contributed by atoms with van der Waals surface area (Å²) in [7, 11) is 0. The quantitative estimate of drug-likeness (QED) is 0.0439. The molecule has 0 spiro atoms. The molecule has 0 fully saturated rings. The average Bonchev–Trinajstić information content (AvgIpc) is 2.98. The molecular formula is C37H69NO6. The highest BCUT2D eigenvalue weighted by Crippen LogP contribution is 2.33. The van der Waals surface area contributed by atoms with Crippen molar-refractivity contribution in [2.24, 2.45) is 0 Å². The van der Waals surface area contributed by atoms with Crippen LogP contribution in [0.5, 0.6) is 0 Å². The van der Waals surface area contributed by atoms with Gasteiger partial charge in [0.1, 0.15) is 6.04 Å². The number of carboxylic acids is 3. The Labute approximate surface area is 270 Å². The van der Waals surface area contributed by atoms with E-state index in [1.165, 1.54) is 96.3 Å². The molecule has 0 aromatic rings. The lowest BCUT2D eigenvalue weighted by atomic mass is 9.92. The zero-order valence-electron chi connectivity index (χ0n) is 29.0. The molecule has 0 saturated heterocycles. The molecule has 0 radical (unpaired) electrons. The zero-order valence-corrected chi connectivity index (χ0v) is 29.0. The van der Waals surface area contributed by atoms with Crippen LogP contribution in [0.15, 0.2) is 12.2 Å². The Morgan fingerprint density at radius 3 is 1.18 bits per heavy atom. The number of carbonyl (C=O) groups excluding carboxylic acids is 1. The summed E-state index contributed by atoms with van der Waals surface area (Å²) in [5.74, 6) is -3.64. The molecule has 0 aliphatic rings. The van der Waals surface area contributed by atoms with E-state index in [-0.39, 0.29) is 25.8 Å². The van der Waals surface area contributed by atoms with E-state index in [1.54, 1.807) is 0 Å². The maximum Gasteiger partial charge on any atom is 0.362 e. The van der Waals surface area contributed by atoms with E-state index in [1.807, 2.05) is 32.9 Å². The summed E-state index contributed by atoms with van der Waals surface area (Å²) < 4.78 is -0.516. The number of hydrogen-bond donors (Lipinski definition) is 2. The SMILES string of the molecule is CCCCCCCCCCCCCCCCCCC/C=C/C[N+](C(CCC)C(=O)[O-])(C(CCC)C(=O)O)C(CCC)C(=O)O. The fraction of sp³-hybridized carbons (Fsp3) is 0.865. The molecule has 258 valence electrons. The van der Waals surface area contributed by atoms with E-state index >= 15 is 0 Å². The number of unbranched alkanes of at least 4 members (excludes halogenated alkanes) is 17. The third kappa shape index (κ3) is 17.0. The van der Waals surface area contributed by atoms with Crippen LogP contribution in [0.3, 0.4) is 0 Å². The third-order valence-electron chi connectivity index (χ3n) is 9.33. The largest absolute Gasteiger partial charge is 0.544 e. The minimum absolute atomic E-state index is 0.0611. The summed E-state index contributed by atoms with van der Waals surface area (Å²) in [6.07, 6.45) is 29.2. The Bertz CT molecular complexity index is 707. The lowest BCUT2D eigenvalue weighted by Crippen LogP contribution is -2.73. The van der Waals surface area contributed by atoms with E-state index in [4.69, 9.17) is 0 Å². The third-order valence-corrected chi connectivity index (χ3v) is 9.33. The van der Waals surface area contributed by atoms with Crippen LogP contribution in [-0.4, -0.2) is 57.3 Å². The predicted octanol–water partition coefficient (Wildman–Crippen LogP) is 8.83. The number of hydrogen-bond acceptors (Lipinski definition) is 4. The predicted molar refractivity (Wildman–Crippen MR) is 179 cm³/mol. The van der Waals surface area contributed by atoms with Gasteiger partial charge in [0.25, 0.3) is 0 Å². The molecule has 7 heteroatoms. The van der Waals surface area contributed by atoms with Crippen molar-refractivity contribution in [1.82, 2.24) is 0 Å². The van der Waals surface area contributed by atoms with Crippen LogP contribution in [0, 0.1) is 0 Å². The van der Waals surface area contributed by atoms with E-state index in [9.17, 15) is 29.7 Å². The van der Waals surface area contributed by atoms with E-state index in [2.05, 4.69) is 6.92 Å². The van der Waals surface area contributed by atoms with Crippen LogP contribution in [0.1, 0.15) is 182 Å². The average molecular weight is 624 g/mol. The van der Waals surface area contributed by atoms with E-state index in [0.29, 0.717) is 19.3 Å². The first-order valence-electron chi connectivity index (χ1n) is 18.4. The van der Waals surface area contributed by atoms with Crippen molar-refractivity contribution in [3.63, 3.8) is 0 Å². The lowest BCUT2D eigenvalue weighted by Gasteiger charge is -2.51. The molecule has 2 N–H and O–H groups in total. The van der Waals surface area contributed by atoms with Gasteiger partial charge in [0.2, 0.25) is 0 Å². The molecule has 0 rings (SSSR count). The summed E-state index contributed by atoms with van der Waals surface area (Å²) in [6.45, 7) is 7.86. The highest BCUT2D eigenvalue weighted by Gasteiger charge is 2.54. The topological polar surface area (TPSA) is 115 Å². The number of allylic oxidation sites excluding steroid dienone is 1. The molecular weight excluding hydrogens is 554 g/mol. The van der Waals surface area contributed by atoms with Crippen LogP contribution in [0.25, 0.3) is 0 Å². The van der Waals surface area contributed by atoms with Crippen molar-refractivity contribution in [2.75, 3.05) is 6.54 Å². The Morgan fingerprint density at radius 2 is 0.864 bits per heavy atom. The number of carbonyl (C=O) groups is 3. The summed E-state index contributed by atoms with van der Waals surface area (Å²) in [6, 6.07) is -3.47. The fourth-order valence-corrected chi connectivity index (χ4v) is 6.91. The second-order valence-corrected chi connectivity index (χ2v) is 13.0. The van der Waals surface area contributed by atoms with Gasteiger partial charge in [-0.15, -0.1) is 0 Å². The van der Waals surface area contributed by atoms with Crippen LogP contribution < -0.4 is 5.11 Å².